The third-order valence-corrected chi connectivity index (χ3v) is 19.4. The van der Waals surface area contributed by atoms with Crippen LogP contribution in [0.2, 0.25) is 0 Å². The van der Waals surface area contributed by atoms with E-state index in [1.807, 2.05) is 31.2 Å². The predicted octanol–water partition coefficient (Wildman–Crippen LogP) is 2.00. The molecule has 0 saturated heterocycles. The summed E-state index contributed by atoms with van der Waals surface area (Å²) in [6, 6.07) is 31.5. The standard InChI is InChI=1S/3C6H5.C5H9O2.Sn/c3*1-2-4-6-5-3-1;1-2-3-5(7)4-6;/h3*1-5H;2,5-7H,4H2,1H3;/t;;;5-;/m...0./s1. The molecule has 0 unspecified atom stereocenters. The molecule has 1 atom stereocenters. The van der Waals surface area contributed by atoms with Crippen LogP contribution < -0.4 is 10.7 Å². The first-order valence-electron chi connectivity index (χ1n) is 8.87. The van der Waals surface area contributed by atoms with Crippen molar-refractivity contribution >= 4 is 29.1 Å². The van der Waals surface area contributed by atoms with Gasteiger partial charge in [-0.05, 0) is 0 Å². The summed E-state index contributed by atoms with van der Waals surface area (Å²) in [4.78, 5) is 0. The van der Waals surface area contributed by atoms with Crippen molar-refractivity contribution in [2.24, 2.45) is 0 Å². The normalized spacial score (nSPS) is 13.4. The van der Waals surface area contributed by atoms with Gasteiger partial charge in [0.15, 0.2) is 0 Å². The molecule has 2 nitrogen and oxygen atoms in total. The summed E-state index contributed by atoms with van der Waals surface area (Å²) in [5, 5.41) is 20.6. The second-order valence-corrected chi connectivity index (χ2v) is 17.2. The van der Waals surface area contributed by atoms with Crippen LogP contribution in [0, 0.1) is 0 Å². The van der Waals surface area contributed by atoms with Crippen molar-refractivity contribution in [1.29, 1.82) is 0 Å². The van der Waals surface area contributed by atoms with Gasteiger partial charge in [-0.25, -0.2) is 0 Å². The van der Waals surface area contributed by atoms with Crippen LogP contribution in [0.15, 0.2) is 101 Å². The van der Waals surface area contributed by atoms with Gasteiger partial charge in [-0.1, -0.05) is 0 Å². The molecule has 0 heterocycles. The zero-order valence-corrected chi connectivity index (χ0v) is 17.8. The van der Waals surface area contributed by atoms with Crippen LogP contribution in [-0.2, 0) is 0 Å². The van der Waals surface area contributed by atoms with Gasteiger partial charge in [-0.15, -0.1) is 0 Å². The maximum absolute atomic E-state index is 10.8. The second-order valence-electron chi connectivity index (χ2n) is 6.29. The van der Waals surface area contributed by atoms with E-state index in [2.05, 4.69) is 72.8 Å². The molecule has 26 heavy (non-hydrogen) atoms. The molecule has 0 aliphatic carbocycles. The van der Waals surface area contributed by atoms with Gasteiger partial charge in [0.25, 0.3) is 0 Å². The van der Waals surface area contributed by atoms with Crippen molar-refractivity contribution in [2.75, 3.05) is 6.61 Å². The number of allylic oxidation sites excluding steroid dienone is 1. The molecule has 132 valence electrons. The van der Waals surface area contributed by atoms with E-state index >= 15 is 0 Å². The third kappa shape index (κ3) is 3.37. The summed E-state index contributed by atoms with van der Waals surface area (Å²) in [6.07, 6.45) is 1.15. The fraction of sp³-hybridized carbons (Fsp3) is 0.130. The average Bonchev–Trinajstić information content (AvgIpc) is 2.73. The van der Waals surface area contributed by atoms with Gasteiger partial charge in [-0.2, -0.15) is 0 Å². The molecular formula is C23H24O2Sn. The van der Waals surface area contributed by atoms with E-state index in [4.69, 9.17) is 0 Å². The van der Waals surface area contributed by atoms with Crippen LogP contribution in [0.1, 0.15) is 6.92 Å². The van der Waals surface area contributed by atoms with E-state index in [0.29, 0.717) is 0 Å². The van der Waals surface area contributed by atoms with Crippen LogP contribution in [-0.4, -0.2) is 41.3 Å². The number of benzene rings is 3. The maximum atomic E-state index is 10.8. The Balaban J connectivity index is 2.43. The van der Waals surface area contributed by atoms with Gasteiger partial charge >= 0.3 is 160 Å². The van der Waals surface area contributed by atoms with E-state index in [1.165, 1.54) is 10.7 Å². The van der Waals surface area contributed by atoms with E-state index in [1.54, 1.807) is 0 Å². The summed E-state index contributed by atoms with van der Waals surface area (Å²) in [6.45, 7) is 1.69. The molecule has 0 aliphatic heterocycles. The van der Waals surface area contributed by atoms with Crippen LogP contribution in [0.3, 0.4) is 0 Å². The molecule has 3 aromatic carbocycles. The van der Waals surface area contributed by atoms with Crippen LogP contribution in [0.25, 0.3) is 0 Å². The first-order valence-corrected chi connectivity index (χ1v) is 14.6. The number of hydrogen-bond acceptors (Lipinski definition) is 2. The molecule has 0 aliphatic rings. The van der Waals surface area contributed by atoms with Gasteiger partial charge in [0.2, 0.25) is 0 Å². The van der Waals surface area contributed by atoms with Gasteiger partial charge in [0, 0.05) is 0 Å². The minimum absolute atomic E-state index is 0.273. The number of hydrogen-bond donors (Lipinski definition) is 2. The Hall–Kier alpha value is -1.88. The summed E-state index contributed by atoms with van der Waals surface area (Å²) in [5.41, 5.74) is 0. The van der Waals surface area contributed by atoms with Crippen LogP contribution >= 0.6 is 0 Å². The molecule has 3 aromatic rings. The van der Waals surface area contributed by atoms with Crippen molar-refractivity contribution in [2.45, 2.75) is 13.0 Å². The molecule has 0 fully saturated rings. The predicted molar refractivity (Wildman–Crippen MR) is 111 cm³/mol. The average molecular weight is 451 g/mol. The van der Waals surface area contributed by atoms with E-state index < -0.39 is 24.5 Å². The summed E-state index contributed by atoms with van der Waals surface area (Å²) < 4.78 is 4.77. The molecule has 0 amide bonds. The SMILES string of the molecule is C/C=[C](\[C@H](O)CO)[Sn]([c]1ccccc1)([c]1ccccc1)[c]1ccccc1. The molecule has 3 heteroatoms. The Bertz CT molecular complexity index is 748. The Morgan fingerprint density at radius 1 is 0.769 bits per heavy atom. The van der Waals surface area contributed by atoms with Gasteiger partial charge in [-0.3, -0.25) is 0 Å². The fourth-order valence-corrected chi connectivity index (χ4v) is 18.4. The van der Waals surface area contributed by atoms with Crippen molar-refractivity contribution in [3.63, 3.8) is 0 Å². The summed E-state index contributed by atoms with van der Waals surface area (Å²) in [5.74, 6) is 0. The number of aliphatic hydroxyl groups excluding tert-OH is 2. The molecule has 2 N–H and O–H groups in total. The number of aliphatic hydroxyl groups is 2. The molecule has 0 spiro atoms. The minimum atomic E-state index is -3.71. The first kappa shape index (κ1) is 18.9. The van der Waals surface area contributed by atoms with Crippen molar-refractivity contribution < 1.29 is 10.2 Å². The Morgan fingerprint density at radius 3 is 1.38 bits per heavy atom. The van der Waals surface area contributed by atoms with Crippen molar-refractivity contribution in [3.8, 4) is 0 Å². The molecule has 0 bridgehead atoms. The molecule has 3 rings (SSSR count). The molecule has 0 aromatic heterocycles. The van der Waals surface area contributed by atoms with E-state index in [9.17, 15) is 10.2 Å². The molecule has 0 saturated carbocycles. The van der Waals surface area contributed by atoms with E-state index in [0.717, 1.165) is 3.59 Å². The monoisotopic (exact) mass is 452 g/mol. The molecular weight excluding hydrogens is 427 g/mol. The zero-order valence-electron chi connectivity index (χ0n) is 14.9. The summed E-state index contributed by atoms with van der Waals surface area (Å²) >= 11 is -3.71. The van der Waals surface area contributed by atoms with Crippen molar-refractivity contribution in [3.05, 3.63) is 101 Å². The number of rotatable bonds is 6. The second kappa shape index (κ2) is 8.67. The fourth-order valence-electron chi connectivity index (χ4n) is 3.82. The Morgan fingerprint density at radius 2 is 1.12 bits per heavy atom. The van der Waals surface area contributed by atoms with Gasteiger partial charge in [0.05, 0.1) is 0 Å². The van der Waals surface area contributed by atoms with Gasteiger partial charge in [0.1, 0.15) is 0 Å². The van der Waals surface area contributed by atoms with Gasteiger partial charge < -0.3 is 0 Å². The zero-order chi connectivity index (χ0) is 18.4. The quantitative estimate of drug-likeness (QED) is 0.564. The Kier molecular flexibility index (Phi) is 6.30. The third-order valence-electron chi connectivity index (χ3n) is 4.90. The van der Waals surface area contributed by atoms with E-state index in [-0.39, 0.29) is 6.61 Å². The topological polar surface area (TPSA) is 40.5 Å². The van der Waals surface area contributed by atoms with Crippen molar-refractivity contribution in [1.82, 2.24) is 0 Å². The summed E-state index contributed by atoms with van der Waals surface area (Å²) in [7, 11) is 0. The van der Waals surface area contributed by atoms with Crippen LogP contribution in [0.5, 0.6) is 0 Å². The van der Waals surface area contributed by atoms with Crippen LogP contribution in [0.4, 0.5) is 0 Å². The molecule has 0 radical (unpaired) electrons. The first-order chi connectivity index (χ1) is 12.7. The Labute approximate surface area is 159 Å².